The Kier molecular flexibility index (Phi) is 8.78. The predicted octanol–water partition coefficient (Wildman–Crippen LogP) is 6.21. The molecule has 1 aliphatic rings. The van der Waals surface area contributed by atoms with E-state index in [9.17, 15) is 14.4 Å². The maximum atomic E-state index is 13.3. The van der Waals surface area contributed by atoms with Gasteiger partial charge in [-0.1, -0.05) is 80.4 Å². The number of likely N-dealkylation sites (tertiary alicyclic amines) is 1. The summed E-state index contributed by atoms with van der Waals surface area (Å²) in [4.78, 5) is 40.3. The fourth-order valence-corrected chi connectivity index (χ4v) is 4.31. The topological polar surface area (TPSA) is 63.7 Å². The summed E-state index contributed by atoms with van der Waals surface area (Å²) in [6.45, 7) is 5.74. The molecular formula is C27H31Cl2NO4. The number of amides is 1. The van der Waals surface area contributed by atoms with E-state index in [1.807, 2.05) is 37.3 Å². The molecule has 1 fully saturated rings. The van der Waals surface area contributed by atoms with Crippen LogP contribution < -0.4 is 0 Å². The molecule has 182 valence electrons. The summed E-state index contributed by atoms with van der Waals surface area (Å²) in [6, 6.07) is 14.3. The van der Waals surface area contributed by atoms with Gasteiger partial charge in [0.1, 0.15) is 12.1 Å². The molecule has 1 heterocycles. The lowest BCUT2D eigenvalue weighted by atomic mass is 9.84. The Morgan fingerprint density at radius 1 is 1.09 bits per heavy atom. The summed E-state index contributed by atoms with van der Waals surface area (Å²) < 4.78 is 5.96. The first-order chi connectivity index (χ1) is 16.1. The van der Waals surface area contributed by atoms with Crippen molar-refractivity contribution in [1.82, 2.24) is 4.90 Å². The quantitative estimate of drug-likeness (QED) is 0.301. The molecule has 0 unspecified atom stereocenters. The summed E-state index contributed by atoms with van der Waals surface area (Å²) in [5.41, 5.74) is 1.08. The largest absolute Gasteiger partial charge is 0.456 e. The molecule has 0 spiro atoms. The van der Waals surface area contributed by atoms with Gasteiger partial charge in [-0.25, -0.2) is 4.79 Å². The lowest BCUT2D eigenvalue weighted by molar-refractivity contribution is -0.161. The average molecular weight is 504 g/mol. The fraction of sp³-hybridized carbons (Fsp3) is 0.444. The molecule has 0 aliphatic carbocycles. The van der Waals surface area contributed by atoms with E-state index in [0.717, 1.165) is 11.1 Å². The first-order valence-electron chi connectivity index (χ1n) is 11.7. The van der Waals surface area contributed by atoms with Crippen molar-refractivity contribution < 1.29 is 19.1 Å². The van der Waals surface area contributed by atoms with E-state index in [1.165, 1.54) is 4.90 Å². The molecule has 0 radical (unpaired) electrons. The standard InChI is InChI=1S/C27H31Cl2NO4/c1-4-27(2,3)24(31)25(32)30-16-8-11-22(30)26(33)34-23(15-12-18-9-6-5-7-10-18)19-13-14-20(28)21(29)17-19/h5-7,9-10,13-14,17,22-23H,4,8,11-12,15-16H2,1-3H3/t22-,23+/m1/s1. The van der Waals surface area contributed by atoms with Crippen LogP contribution in [0.2, 0.25) is 10.0 Å². The summed E-state index contributed by atoms with van der Waals surface area (Å²) in [5.74, 6) is -1.58. The zero-order valence-electron chi connectivity index (χ0n) is 19.9. The molecule has 3 rings (SSSR count). The minimum Gasteiger partial charge on any atom is -0.456 e. The molecular weight excluding hydrogens is 473 g/mol. The molecule has 34 heavy (non-hydrogen) atoms. The minimum absolute atomic E-state index is 0.367. The van der Waals surface area contributed by atoms with Crippen LogP contribution in [0, 0.1) is 5.41 Å². The number of nitrogens with zero attached hydrogens (tertiary/aromatic N) is 1. The van der Waals surface area contributed by atoms with Crippen molar-refractivity contribution in [1.29, 1.82) is 0 Å². The third-order valence-corrected chi connectivity index (χ3v) is 7.33. The number of hydrogen-bond acceptors (Lipinski definition) is 4. The molecule has 7 heteroatoms. The number of aryl methyl sites for hydroxylation is 1. The molecule has 2 atom stereocenters. The van der Waals surface area contributed by atoms with Crippen molar-refractivity contribution in [2.24, 2.45) is 5.41 Å². The molecule has 0 N–H and O–H groups in total. The number of esters is 1. The van der Waals surface area contributed by atoms with Gasteiger partial charge < -0.3 is 9.64 Å². The number of Topliss-reactive ketones (excluding diaryl/α,β-unsaturated/α-hetero) is 1. The van der Waals surface area contributed by atoms with E-state index < -0.39 is 35.2 Å². The third kappa shape index (κ3) is 6.19. The molecule has 0 aromatic heterocycles. The van der Waals surface area contributed by atoms with Crippen LogP contribution >= 0.6 is 23.2 Å². The SMILES string of the molecule is CCC(C)(C)C(=O)C(=O)N1CCC[C@@H]1C(=O)O[C@@H](CCc1ccccc1)c1ccc(Cl)c(Cl)c1. The first-order valence-corrected chi connectivity index (χ1v) is 12.4. The zero-order chi connectivity index (χ0) is 24.9. The third-order valence-electron chi connectivity index (χ3n) is 6.59. The van der Waals surface area contributed by atoms with Crippen LogP contribution in [0.5, 0.6) is 0 Å². The number of ether oxygens (including phenoxy) is 1. The van der Waals surface area contributed by atoms with Crippen LogP contribution in [-0.2, 0) is 25.5 Å². The van der Waals surface area contributed by atoms with E-state index in [0.29, 0.717) is 48.7 Å². The van der Waals surface area contributed by atoms with E-state index in [2.05, 4.69) is 0 Å². The maximum absolute atomic E-state index is 13.3. The number of carbonyl (C=O) groups is 3. The van der Waals surface area contributed by atoms with Crippen LogP contribution in [0.15, 0.2) is 48.5 Å². The lowest BCUT2D eigenvalue weighted by Gasteiger charge is -2.28. The fourth-order valence-electron chi connectivity index (χ4n) is 4.00. The van der Waals surface area contributed by atoms with Crippen molar-refractivity contribution in [2.45, 2.75) is 65.0 Å². The molecule has 1 aliphatic heterocycles. The highest BCUT2D eigenvalue weighted by molar-refractivity contribution is 6.42. The normalized spacial score (nSPS) is 16.9. The van der Waals surface area contributed by atoms with Gasteiger partial charge in [0.15, 0.2) is 0 Å². The lowest BCUT2D eigenvalue weighted by Crippen LogP contribution is -2.48. The molecule has 5 nitrogen and oxygen atoms in total. The van der Waals surface area contributed by atoms with Gasteiger partial charge in [-0.3, -0.25) is 9.59 Å². The van der Waals surface area contributed by atoms with Gasteiger partial charge in [0.2, 0.25) is 5.78 Å². The average Bonchev–Trinajstić information content (AvgIpc) is 3.33. The van der Waals surface area contributed by atoms with Gasteiger partial charge in [0.05, 0.1) is 10.0 Å². The Morgan fingerprint density at radius 3 is 2.44 bits per heavy atom. The number of rotatable bonds is 9. The summed E-state index contributed by atoms with van der Waals surface area (Å²) in [7, 11) is 0. The molecule has 0 saturated carbocycles. The Bertz CT molecular complexity index is 1040. The predicted molar refractivity (Wildman–Crippen MR) is 134 cm³/mol. The van der Waals surface area contributed by atoms with E-state index >= 15 is 0 Å². The van der Waals surface area contributed by atoms with Crippen molar-refractivity contribution in [2.75, 3.05) is 6.54 Å². The summed E-state index contributed by atoms with van der Waals surface area (Å²) in [5, 5.41) is 0.799. The van der Waals surface area contributed by atoms with Gasteiger partial charge >= 0.3 is 5.97 Å². The van der Waals surface area contributed by atoms with Crippen LogP contribution in [-0.4, -0.2) is 35.1 Å². The number of carbonyl (C=O) groups excluding carboxylic acids is 3. The molecule has 1 saturated heterocycles. The number of benzene rings is 2. The Hall–Kier alpha value is -2.37. The maximum Gasteiger partial charge on any atom is 0.329 e. The van der Waals surface area contributed by atoms with Gasteiger partial charge in [-0.2, -0.15) is 0 Å². The highest BCUT2D eigenvalue weighted by Gasteiger charge is 2.42. The van der Waals surface area contributed by atoms with E-state index in [-0.39, 0.29) is 0 Å². The summed E-state index contributed by atoms with van der Waals surface area (Å²) in [6.07, 6.45) is 2.32. The van der Waals surface area contributed by atoms with Crippen molar-refractivity contribution in [3.05, 3.63) is 69.7 Å². The Morgan fingerprint density at radius 2 is 1.79 bits per heavy atom. The number of hydrogen-bond donors (Lipinski definition) is 0. The van der Waals surface area contributed by atoms with E-state index in [1.54, 1.807) is 32.0 Å². The molecule has 0 bridgehead atoms. The highest BCUT2D eigenvalue weighted by atomic mass is 35.5. The Labute approximate surface area is 211 Å². The minimum atomic E-state index is -0.772. The summed E-state index contributed by atoms with van der Waals surface area (Å²) >= 11 is 12.3. The van der Waals surface area contributed by atoms with Crippen LogP contribution in [0.3, 0.4) is 0 Å². The van der Waals surface area contributed by atoms with Crippen LogP contribution in [0.25, 0.3) is 0 Å². The second-order valence-corrected chi connectivity index (χ2v) is 10.2. The van der Waals surface area contributed by atoms with E-state index in [4.69, 9.17) is 27.9 Å². The zero-order valence-corrected chi connectivity index (χ0v) is 21.4. The van der Waals surface area contributed by atoms with Crippen LogP contribution in [0.1, 0.15) is 63.7 Å². The van der Waals surface area contributed by atoms with Crippen molar-refractivity contribution in [3.8, 4) is 0 Å². The van der Waals surface area contributed by atoms with Crippen molar-refractivity contribution in [3.63, 3.8) is 0 Å². The number of halogens is 2. The molecule has 1 amide bonds. The van der Waals surface area contributed by atoms with Gasteiger partial charge in [0.25, 0.3) is 5.91 Å². The van der Waals surface area contributed by atoms with Gasteiger partial charge in [-0.15, -0.1) is 0 Å². The van der Waals surface area contributed by atoms with Gasteiger partial charge in [-0.05, 0) is 55.4 Å². The molecule has 2 aromatic rings. The monoisotopic (exact) mass is 503 g/mol. The van der Waals surface area contributed by atoms with Crippen LogP contribution in [0.4, 0.5) is 0 Å². The van der Waals surface area contributed by atoms with Gasteiger partial charge in [0, 0.05) is 12.0 Å². The highest BCUT2D eigenvalue weighted by Crippen LogP contribution is 2.32. The second-order valence-electron chi connectivity index (χ2n) is 9.35. The number of ketones is 1. The second kappa shape index (κ2) is 11.4. The van der Waals surface area contributed by atoms with Crippen molar-refractivity contribution >= 4 is 40.9 Å². The Balaban J connectivity index is 1.78. The smallest absolute Gasteiger partial charge is 0.329 e. The first kappa shape index (κ1) is 26.2. The molecule has 2 aromatic carbocycles.